The first-order valence-corrected chi connectivity index (χ1v) is 7.64. The number of amides is 2. The van der Waals surface area contributed by atoms with Crippen LogP contribution in [0.4, 0.5) is 0 Å². The van der Waals surface area contributed by atoms with Crippen molar-refractivity contribution in [1.29, 1.82) is 0 Å². The molecule has 1 atom stereocenters. The lowest BCUT2D eigenvalue weighted by molar-refractivity contribution is -0.134. The fraction of sp³-hybridized carbons (Fsp3) is 0.500. The summed E-state index contributed by atoms with van der Waals surface area (Å²) in [4.78, 5) is 25.5. The van der Waals surface area contributed by atoms with E-state index in [1.807, 2.05) is 25.1 Å². The summed E-state index contributed by atoms with van der Waals surface area (Å²) in [5.41, 5.74) is 0.990. The Morgan fingerprint density at radius 2 is 2.09 bits per heavy atom. The van der Waals surface area contributed by atoms with Crippen molar-refractivity contribution in [2.24, 2.45) is 0 Å². The Balaban J connectivity index is 1.69. The molecule has 1 unspecified atom stereocenters. The van der Waals surface area contributed by atoms with E-state index in [0.717, 1.165) is 17.1 Å². The topological polar surface area (TPSA) is 67.9 Å². The van der Waals surface area contributed by atoms with Crippen LogP contribution in [0.1, 0.15) is 25.3 Å². The zero-order valence-electron chi connectivity index (χ0n) is 12.6. The van der Waals surface area contributed by atoms with E-state index < -0.39 is 0 Å². The third-order valence-electron chi connectivity index (χ3n) is 3.97. The number of nitrogens with one attached hydrogen (secondary N) is 1. The highest BCUT2D eigenvalue weighted by atomic mass is 16.6. The van der Waals surface area contributed by atoms with Crippen LogP contribution in [0.15, 0.2) is 18.2 Å². The molecule has 0 aliphatic carbocycles. The summed E-state index contributed by atoms with van der Waals surface area (Å²) in [6.45, 7) is 4.14. The molecule has 0 aromatic heterocycles. The van der Waals surface area contributed by atoms with Gasteiger partial charge in [0.1, 0.15) is 19.3 Å². The molecular formula is C16H20N2O4. The average Bonchev–Trinajstić information content (AvgIpc) is 2.98. The Labute approximate surface area is 129 Å². The van der Waals surface area contributed by atoms with Crippen LogP contribution in [-0.2, 0) is 16.1 Å². The van der Waals surface area contributed by atoms with Gasteiger partial charge in [0.15, 0.2) is 11.5 Å². The Morgan fingerprint density at radius 3 is 2.77 bits per heavy atom. The fourth-order valence-electron chi connectivity index (χ4n) is 2.77. The lowest BCUT2D eigenvalue weighted by atomic mass is 10.1. The van der Waals surface area contributed by atoms with Gasteiger partial charge in [-0.1, -0.05) is 6.07 Å². The molecule has 1 saturated heterocycles. The Hall–Kier alpha value is -2.24. The van der Waals surface area contributed by atoms with E-state index in [0.29, 0.717) is 39.1 Å². The monoisotopic (exact) mass is 304 g/mol. The summed E-state index contributed by atoms with van der Waals surface area (Å²) in [7, 11) is 0. The number of hydrogen-bond acceptors (Lipinski definition) is 4. The molecule has 1 aromatic rings. The first kappa shape index (κ1) is 14.7. The van der Waals surface area contributed by atoms with E-state index in [4.69, 9.17) is 9.47 Å². The van der Waals surface area contributed by atoms with Gasteiger partial charge in [-0.05, 0) is 31.0 Å². The molecule has 2 heterocycles. The van der Waals surface area contributed by atoms with Crippen molar-refractivity contribution in [1.82, 2.24) is 10.2 Å². The zero-order chi connectivity index (χ0) is 15.5. The number of rotatable bonds is 4. The molecule has 0 saturated carbocycles. The van der Waals surface area contributed by atoms with Crippen molar-refractivity contribution in [3.63, 3.8) is 0 Å². The van der Waals surface area contributed by atoms with Crippen LogP contribution in [0.2, 0.25) is 0 Å². The second-order valence-corrected chi connectivity index (χ2v) is 5.49. The summed E-state index contributed by atoms with van der Waals surface area (Å²) in [6.07, 6.45) is 1.01. The van der Waals surface area contributed by atoms with Crippen molar-refractivity contribution >= 4 is 11.8 Å². The van der Waals surface area contributed by atoms with Gasteiger partial charge in [0.25, 0.3) is 0 Å². The molecule has 22 heavy (non-hydrogen) atoms. The minimum atomic E-state index is -0.385. The predicted octanol–water partition coefficient (Wildman–Crippen LogP) is 1.08. The van der Waals surface area contributed by atoms with Crippen molar-refractivity contribution < 1.29 is 19.1 Å². The van der Waals surface area contributed by atoms with Gasteiger partial charge in [0.2, 0.25) is 11.8 Å². The predicted molar refractivity (Wildman–Crippen MR) is 79.7 cm³/mol. The highest BCUT2D eigenvalue weighted by Gasteiger charge is 2.30. The molecule has 118 valence electrons. The van der Waals surface area contributed by atoms with E-state index in [9.17, 15) is 9.59 Å². The Morgan fingerprint density at radius 1 is 1.32 bits per heavy atom. The first-order valence-electron chi connectivity index (χ1n) is 7.64. The Kier molecular flexibility index (Phi) is 4.18. The van der Waals surface area contributed by atoms with Crippen molar-refractivity contribution in [3.05, 3.63) is 23.8 Å². The summed E-state index contributed by atoms with van der Waals surface area (Å²) >= 11 is 0. The molecule has 3 rings (SSSR count). The number of hydrogen-bond donors (Lipinski definition) is 1. The minimum Gasteiger partial charge on any atom is -0.486 e. The zero-order valence-corrected chi connectivity index (χ0v) is 12.6. The third kappa shape index (κ3) is 3.00. The molecule has 6 heteroatoms. The molecule has 6 nitrogen and oxygen atoms in total. The average molecular weight is 304 g/mol. The van der Waals surface area contributed by atoms with E-state index in [-0.39, 0.29) is 17.9 Å². The minimum absolute atomic E-state index is 0.0248. The molecule has 1 aromatic carbocycles. The van der Waals surface area contributed by atoms with E-state index in [1.54, 1.807) is 4.90 Å². The molecule has 0 spiro atoms. The normalized spacial score (nSPS) is 19.7. The maximum Gasteiger partial charge on any atom is 0.245 e. The van der Waals surface area contributed by atoms with Crippen LogP contribution in [0.5, 0.6) is 11.5 Å². The largest absolute Gasteiger partial charge is 0.486 e. The second-order valence-electron chi connectivity index (χ2n) is 5.49. The van der Waals surface area contributed by atoms with Crippen LogP contribution >= 0.6 is 0 Å². The molecule has 2 aliphatic rings. The van der Waals surface area contributed by atoms with Crippen LogP contribution in [0, 0.1) is 0 Å². The van der Waals surface area contributed by atoms with Crippen LogP contribution < -0.4 is 14.8 Å². The number of nitrogens with zero attached hydrogens (tertiary/aromatic N) is 1. The van der Waals surface area contributed by atoms with Crippen LogP contribution in [-0.4, -0.2) is 42.5 Å². The number of carbonyl (C=O) groups excluding carboxylic acids is 2. The van der Waals surface area contributed by atoms with Crippen molar-refractivity contribution in [2.75, 3.05) is 19.8 Å². The fourth-order valence-corrected chi connectivity index (χ4v) is 2.77. The second kappa shape index (κ2) is 6.25. The smallest absolute Gasteiger partial charge is 0.245 e. The molecule has 0 bridgehead atoms. The standard InChI is InChI=1S/C16H20N2O4/c1-2-18(16(20)12-4-6-15(19)17-12)10-11-3-5-13-14(9-11)22-8-7-21-13/h3,5,9,12H,2,4,6-8,10H2,1H3,(H,17,19). The Bertz CT molecular complexity index is 588. The van der Waals surface area contributed by atoms with Gasteiger partial charge >= 0.3 is 0 Å². The van der Waals surface area contributed by atoms with E-state index in [1.165, 1.54) is 0 Å². The number of likely N-dealkylation sites (N-methyl/N-ethyl adjacent to an activating group) is 1. The SMILES string of the molecule is CCN(Cc1ccc2c(c1)OCCO2)C(=O)C1CCC(=O)N1. The van der Waals surface area contributed by atoms with Gasteiger partial charge in [-0.2, -0.15) is 0 Å². The number of fused-ring (bicyclic) bond motifs is 1. The number of benzene rings is 1. The van der Waals surface area contributed by atoms with Gasteiger partial charge in [-0.25, -0.2) is 0 Å². The van der Waals surface area contributed by atoms with Gasteiger partial charge in [0, 0.05) is 19.5 Å². The summed E-state index contributed by atoms with van der Waals surface area (Å²) in [6, 6.07) is 5.35. The maximum absolute atomic E-state index is 12.5. The van der Waals surface area contributed by atoms with Gasteiger partial charge < -0.3 is 19.7 Å². The van der Waals surface area contributed by atoms with Crippen LogP contribution in [0.25, 0.3) is 0 Å². The quantitative estimate of drug-likeness (QED) is 0.904. The van der Waals surface area contributed by atoms with Crippen LogP contribution in [0.3, 0.4) is 0 Å². The summed E-state index contributed by atoms with van der Waals surface area (Å²) in [5.74, 6) is 1.39. The third-order valence-corrected chi connectivity index (χ3v) is 3.97. The van der Waals surface area contributed by atoms with E-state index >= 15 is 0 Å². The number of ether oxygens (including phenoxy) is 2. The molecule has 2 amide bonds. The van der Waals surface area contributed by atoms with Gasteiger partial charge in [-0.3, -0.25) is 9.59 Å². The lowest BCUT2D eigenvalue weighted by Crippen LogP contribution is -2.44. The highest BCUT2D eigenvalue weighted by molar-refractivity contribution is 5.90. The van der Waals surface area contributed by atoms with Crippen molar-refractivity contribution in [3.8, 4) is 11.5 Å². The molecule has 1 N–H and O–H groups in total. The lowest BCUT2D eigenvalue weighted by Gasteiger charge is -2.25. The van der Waals surface area contributed by atoms with Crippen molar-refractivity contribution in [2.45, 2.75) is 32.4 Å². The molecular weight excluding hydrogens is 284 g/mol. The van der Waals surface area contributed by atoms with Gasteiger partial charge in [-0.15, -0.1) is 0 Å². The molecule has 2 aliphatic heterocycles. The first-order chi connectivity index (χ1) is 10.7. The maximum atomic E-state index is 12.5. The highest BCUT2D eigenvalue weighted by Crippen LogP contribution is 2.31. The summed E-state index contributed by atoms with van der Waals surface area (Å²) < 4.78 is 11.1. The van der Waals surface area contributed by atoms with Gasteiger partial charge in [0.05, 0.1) is 0 Å². The van der Waals surface area contributed by atoms with E-state index in [2.05, 4.69) is 5.32 Å². The molecule has 1 fully saturated rings. The number of carbonyl (C=O) groups is 2. The summed E-state index contributed by atoms with van der Waals surface area (Å²) in [5, 5.41) is 2.73. The molecule has 0 radical (unpaired) electrons.